The maximum absolute atomic E-state index is 13.0. The zero-order valence-corrected chi connectivity index (χ0v) is 12.8. The topological polar surface area (TPSA) is 46.9 Å². The summed E-state index contributed by atoms with van der Waals surface area (Å²) < 4.78 is 15.0. The first kappa shape index (κ1) is 15.0. The molecule has 2 aromatic rings. The van der Waals surface area contributed by atoms with Gasteiger partial charge >= 0.3 is 0 Å². The Balaban J connectivity index is 1.58. The average Bonchev–Trinajstić information content (AvgIpc) is 3.04. The summed E-state index contributed by atoms with van der Waals surface area (Å²) in [6.45, 7) is 0. The van der Waals surface area contributed by atoms with E-state index in [1.54, 1.807) is 6.20 Å². The molecule has 0 aliphatic heterocycles. The lowest BCUT2D eigenvalue weighted by Crippen LogP contribution is -2.28. The maximum Gasteiger partial charge on any atom is 0.227 e. The Morgan fingerprint density at radius 2 is 2.09 bits per heavy atom. The van der Waals surface area contributed by atoms with Gasteiger partial charge in [0.1, 0.15) is 5.82 Å². The fourth-order valence-electron chi connectivity index (χ4n) is 2.92. The van der Waals surface area contributed by atoms with Crippen LogP contribution in [0.4, 0.5) is 10.1 Å². The molecule has 1 aromatic carbocycles. The molecule has 1 aromatic heterocycles. The Kier molecular flexibility index (Phi) is 4.43. The third-order valence-electron chi connectivity index (χ3n) is 4.16. The van der Waals surface area contributed by atoms with E-state index in [4.69, 9.17) is 11.6 Å². The molecule has 22 heavy (non-hydrogen) atoms. The van der Waals surface area contributed by atoms with Crippen molar-refractivity contribution < 1.29 is 9.18 Å². The molecule has 1 saturated carbocycles. The first-order valence-corrected chi connectivity index (χ1v) is 7.76. The number of anilines is 1. The molecule has 1 heterocycles. The SMILES string of the molecule is O=C(Nc1ccc(F)cc1Cl)C1CCC(n2cccn2)CC1. The van der Waals surface area contributed by atoms with E-state index in [-0.39, 0.29) is 16.8 Å². The van der Waals surface area contributed by atoms with Crippen LogP contribution in [0.3, 0.4) is 0 Å². The van der Waals surface area contributed by atoms with E-state index in [0.717, 1.165) is 25.7 Å². The maximum atomic E-state index is 13.0. The molecule has 3 rings (SSSR count). The number of benzene rings is 1. The average molecular weight is 322 g/mol. The van der Waals surface area contributed by atoms with Crippen LogP contribution in [0.1, 0.15) is 31.7 Å². The van der Waals surface area contributed by atoms with Crippen LogP contribution in [0.15, 0.2) is 36.7 Å². The molecule has 1 aliphatic rings. The molecule has 1 aliphatic carbocycles. The van der Waals surface area contributed by atoms with Crippen molar-refractivity contribution in [3.63, 3.8) is 0 Å². The van der Waals surface area contributed by atoms with Crippen molar-refractivity contribution in [2.45, 2.75) is 31.7 Å². The van der Waals surface area contributed by atoms with Gasteiger partial charge in [0.05, 0.1) is 16.8 Å². The van der Waals surface area contributed by atoms with Gasteiger partial charge in [0, 0.05) is 18.3 Å². The Labute approximate surface area is 133 Å². The fraction of sp³-hybridized carbons (Fsp3) is 0.375. The number of amides is 1. The van der Waals surface area contributed by atoms with Crippen molar-refractivity contribution in [1.29, 1.82) is 0 Å². The minimum absolute atomic E-state index is 0.0343. The quantitative estimate of drug-likeness (QED) is 0.927. The van der Waals surface area contributed by atoms with E-state index in [1.807, 2.05) is 16.9 Å². The van der Waals surface area contributed by atoms with Gasteiger partial charge in [-0.15, -0.1) is 0 Å². The summed E-state index contributed by atoms with van der Waals surface area (Å²) in [6, 6.07) is 6.26. The molecule has 0 saturated heterocycles. The minimum Gasteiger partial charge on any atom is -0.325 e. The molecule has 0 radical (unpaired) electrons. The van der Waals surface area contributed by atoms with Crippen molar-refractivity contribution >= 4 is 23.2 Å². The third-order valence-corrected chi connectivity index (χ3v) is 4.47. The summed E-state index contributed by atoms with van der Waals surface area (Å²) in [5, 5.41) is 7.28. The van der Waals surface area contributed by atoms with Gasteiger partial charge < -0.3 is 5.32 Å². The second-order valence-corrected chi connectivity index (χ2v) is 6.01. The lowest BCUT2D eigenvalue weighted by Gasteiger charge is -2.28. The molecule has 0 atom stereocenters. The molecule has 116 valence electrons. The zero-order valence-electron chi connectivity index (χ0n) is 12.0. The van der Waals surface area contributed by atoms with Crippen LogP contribution in [0.25, 0.3) is 0 Å². The van der Waals surface area contributed by atoms with Crippen molar-refractivity contribution in [3.8, 4) is 0 Å². The highest BCUT2D eigenvalue weighted by Gasteiger charge is 2.27. The van der Waals surface area contributed by atoms with Crippen molar-refractivity contribution in [2.24, 2.45) is 5.92 Å². The number of halogens is 2. The van der Waals surface area contributed by atoms with Crippen LogP contribution in [0, 0.1) is 11.7 Å². The predicted octanol–water partition coefficient (Wildman–Crippen LogP) is 4.05. The number of carbonyl (C=O) groups is 1. The smallest absolute Gasteiger partial charge is 0.227 e. The summed E-state index contributed by atoms with van der Waals surface area (Å²) in [6.07, 6.45) is 7.22. The van der Waals surface area contributed by atoms with Gasteiger partial charge in [0.2, 0.25) is 5.91 Å². The molecule has 0 unspecified atom stereocenters. The van der Waals surface area contributed by atoms with Crippen molar-refractivity contribution in [3.05, 3.63) is 47.5 Å². The summed E-state index contributed by atoms with van der Waals surface area (Å²) in [5.74, 6) is -0.497. The molecule has 1 N–H and O–H groups in total. The van der Waals surface area contributed by atoms with Crippen LogP contribution >= 0.6 is 11.6 Å². The molecular weight excluding hydrogens is 305 g/mol. The number of carbonyl (C=O) groups excluding carboxylic acids is 1. The van der Waals surface area contributed by atoms with E-state index < -0.39 is 5.82 Å². The molecule has 1 fully saturated rings. The van der Waals surface area contributed by atoms with E-state index in [9.17, 15) is 9.18 Å². The fourth-order valence-corrected chi connectivity index (χ4v) is 3.14. The zero-order chi connectivity index (χ0) is 15.5. The number of nitrogens with zero attached hydrogens (tertiary/aromatic N) is 2. The Bertz CT molecular complexity index is 651. The first-order chi connectivity index (χ1) is 10.6. The number of hydrogen-bond donors (Lipinski definition) is 1. The molecular formula is C16H17ClFN3O. The number of hydrogen-bond acceptors (Lipinski definition) is 2. The number of nitrogens with one attached hydrogen (secondary N) is 1. The van der Waals surface area contributed by atoms with Crippen LogP contribution < -0.4 is 5.32 Å². The second kappa shape index (κ2) is 6.48. The summed E-state index contributed by atoms with van der Waals surface area (Å²) in [7, 11) is 0. The summed E-state index contributed by atoms with van der Waals surface area (Å²) in [4.78, 5) is 12.3. The number of rotatable bonds is 3. The van der Waals surface area contributed by atoms with E-state index in [0.29, 0.717) is 11.7 Å². The highest BCUT2D eigenvalue weighted by Crippen LogP contribution is 2.33. The highest BCUT2D eigenvalue weighted by molar-refractivity contribution is 6.33. The lowest BCUT2D eigenvalue weighted by molar-refractivity contribution is -0.121. The molecule has 0 spiro atoms. The first-order valence-electron chi connectivity index (χ1n) is 7.38. The second-order valence-electron chi connectivity index (χ2n) is 5.60. The van der Waals surface area contributed by atoms with Gasteiger partial charge in [-0.2, -0.15) is 5.10 Å². The molecule has 1 amide bonds. The van der Waals surface area contributed by atoms with Gasteiger partial charge in [-0.25, -0.2) is 4.39 Å². The molecule has 4 nitrogen and oxygen atoms in total. The van der Waals surface area contributed by atoms with Crippen LogP contribution in [0.5, 0.6) is 0 Å². The Morgan fingerprint density at radius 3 is 2.73 bits per heavy atom. The Hall–Kier alpha value is -1.88. The predicted molar refractivity (Wildman–Crippen MR) is 83.3 cm³/mol. The minimum atomic E-state index is -0.414. The standard InChI is InChI=1S/C16H17ClFN3O/c17-14-10-12(18)4-7-15(14)20-16(22)11-2-5-13(6-3-11)21-9-1-8-19-21/h1,4,7-11,13H,2-3,5-6H2,(H,20,22). The van der Waals surface area contributed by atoms with E-state index in [2.05, 4.69) is 10.4 Å². The lowest BCUT2D eigenvalue weighted by atomic mass is 9.85. The van der Waals surface area contributed by atoms with Crippen molar-refractivity contribution in [2.75, 3.05) is 5.32 Å². The van der Waals surface area contributed by atoms with Gasteiger partial charge in [-0.1, -0.05) is 11.6 Å². The summed E-state index contributed by atoms with van der Waals surface area (Å²) in [5.41, 5.74) is 0.460. The van der Waals surface area contributed by atoms with Crippen LogP contribution in [-0.4, -0.2) is 15.7 Å². The van der Waals surface area contributed by atoms with Gasteiger partial charge in [-0.3, -0.25) is 9.48 Å². The normalized spacial score (nSPS) is 21.5. The number of aromatic nitrogens is 2. The largest absolute Gasteiger partial charge is 0.325 e. The van der Waals surface area contributed by atoms with Gasteiger partial charge in [0.15, 0.2) is 0 Å². The van der Waals surface area contributed by atoms with E-state index >= 15 is 0 Å². The Morgan fingerprint density at radius 1 is 1.32 bits per heavy atom. The molecule has 6 heteroatoms. The highest BCUT2D eigenvalue weighted by atomic mass is 35.5. The van der Waals surface area contributed by atoms with Gasteiger partial charge in [-0.05, 0) is 49.9 Å². The summed E-state index contributed by atoms with van der Waals surface area (Å²) >= 11 is 5.94. The third kappa shape index (κ3) is 3.30. The van der Waals surface area contributed by atoms with Crippen molar-refractivity contribution in [1.82, 2.24) is 9.78 Å². The van der Waals surface area contributed by atoms with E-state index in [1.165, 1.54) is 18.2 Å². The van der Waals surface area contributed by atoms with Crippen LogP contribution in [-0.2, 0) is 4.79 Å². The monoisotopic (exact) mass is 321 g/mol. The van der Waals surface area contributed by atoms with Crippen LogP contribution in [0.2, 0.25) is 5.02 Å². The molecule has 0 bridgehead atoms. The van der Waals surface area contributed by atoms with Gasteiger partial charge in [0.25, 0.3) is 0 Å².